The highest BCUT2D eigenvalue weighted by Gasteiger charge is 2.55. The molecule has 1 aromatic heterocycles. The third-order valence-electron chi connectivity index (χ3n) is 5.85. The number of fused-ring (bicyclic) bond motifs is 1. The van der Waals surface area contributed by atoms with E-state index >= 15 is 0 Å². The van der Waals surface area contributed by atoms with Gasteiger partial charge in [0, 0.05) is 43.1 Å². The summed E-state index contributed by atoms with van der Waals surface area (Å²) < 4.78 is 40.8. The molecule has 2 heterocycles. The molecule has 8 heteroatoms. The maximum Gasteiger partial charge on any atom is 0.573 e. The van der Waals surface area contributed by atoms with Crippen molar-refractivity contribution < 1.29 is 22.7 Å². The predicted octanol–water partition coefficient (Wildman–Crippen LogP) is 3.58. The highest BCUT2D eigenvalue weighted by atomic mass is 19.4. The van der Waals surface area contributed by atoms with Gasteiger partial charge in [-0.3, -0.25) is 9.69 Å². The van der Waals surface area contributed by atoms with Crippen LogP contribution in [0.4, 0.5) is 13.2 Å². The number of amides is 1. The van der Waals surface area contributed by atoms with Crippen LogP contribution in [0.3, 0.4) is 0 Å². The number of nitrogens with zero attached hydrogens (tertiary/aromatic N) is 1. The standard InChI is InChI=1S/C20H22F3N3O2/c1-12(18-6-3-7-24-18)26-10-16-15(17(16)11-26)9-25-19(27)13-4-2-5-14(8-13)28-20(21,22)23/h2-8,12,15-17,24H,9-11H2,1H3,(H,25,27). The van der Waals surface area contributed by atoms with E-state index in [1.54, 1.807) is 0 Å². The molecule has 0 spiro atoms. The third-order valence-corrected chi connectivity index (χ3v) is 5.85. The number of likely N-dealkylation sites (tertiary alicyclic amines) is 1. The Kier molecular flexibility index (Phi) is 4.82. The van der Waals surface area contributed by atoms with E-state index in [2.05, 4.69) is 32.9 Å². The lowest BCUT2D eigenvalue weighted by molar-refractivity contribution is -0.274. The number of aromatic nitrogens is 1. The summed E-state index contributed by atoms with van der Waals surface area (Å²) in [6, 6.07) is 9.56. The van der Waals surface area contributed by atoms with Crippen molar-refractivity contribution in [2.75, 3.05) is 19.6 Å². The van der Waals surface area contributed by atoms with Crippen molar-refractivity contribution >= 4 is 5.91 Å². The molecule has 2 fully saturated rings. The molecule has 1 aliphatic carbocycles. The van der Waals surface area contributed by atoms with E-state index < -0.39 is 12.1 Å². The molecular formula is C20H22F3N3O2. The van der Waals surface area contributed by atoms with Gasteiger partial charge >= 0.3 is 6.36 Å². The molecule has 150 valence electrons. The first-order valence-corrected chi connectivity index (χ1v) is 9.33. The number of benzene rings is 1. The number of piperidine rings is 1. The fourth-order valence-electron chi connectivity index (χ4n) is 4.25. The lowest BCUT2D eigenvalue weighted by atomic mass is 10.1. The summed E-state index contributed by atoms with van der Waals surface area (Å²) in [6.07, 6.45) is -2.85. The number of ether oxygens (including phenoxy) is 1. The van der Waals surface area contributed by atoms with E-state index in [-0.39, 0.29) is 11.5 Å². The SMILES string of the molecule is CC(c1ccc[nH]1)N1CC2C(CNC(=O)c3cccc(OC(F)(F)F)c3)C2C1. The van der Waals surface area contributed by atoms with E-state index in [0.29, 0.717) is 30.3 Å². The lowest BCUT2D eigenvalue weighted by Gasteiger charge is -2.26. The highest BCUT2D eigenvalue weighted by molar-refractivity contribution is 5.94. The number of carbonyl (C=O) groups is 1. The predicted molar refractivity (Wildman–Crippen MR) is 96.7 cm³/mol. The summed E-state index contributed by atoms with van der Waals surface area (Å²) >= 11 is 0. The van der Waals surface area contributed by atoms with Crippen molar-refractivity contribution in [3.63, 3.8) is 0 Å². The Hall–Kier alpha value is -2.48. The highest BCUT2D eigenvalue weighted by Crippen LogP contribution is 2.52. The Morgan fingerprint density at radius 3 is 2.68 bits per heavy atom. The summed E-state index contributed by atoms with van der Waals surface area (Å²) in [5.41, 5.74) is 1.36. The number of rotatable bonds is 6. The third kappa shape index (κ3) is 4.01. The first-order valence-electron chi connectivity index (χ1n) is 9.33. The molecule has 28 heavy (non-hydrogen) atoms. The second-order valence-corrected chi connectivity index (χ2v) is 7.53. The van der Waals surface area contributed by atoms with Crippen LogP contribution in [-0.4, -0.2) is 41.8 Å². The van der Waals surface area contributed by atoms with Crippen LogP contribution in [0.2, 0.25) is 0 Å². The average Bonchev–Trinajstić information content (AvgIpc) is 3.05. The number of aromatic amines is 1. The quantitative estimate of drug-likeness (QED) is 0.789. The van der Waals surface area contributed by atoms with Gasteiger partial charge in [0.1, 0.15) is 5.75 Å². The Labute approximate surface area is 160 Å². The number of hydrogen-bond donors (Lipinski definition) is 2. The fourth-order valence-corrected chi connectivity index (χ4v) is 4.25. The molecule has 3 unspecified atom stereocenters. The normalized spacial score (nSPS) is 25.2. The van der Waals surface area contributed by atoms with Crippen molar-refractivity contribution in [2.24, 2.45) is 17.8 Å². The first kappa shape index (κ1) is 18.9. The van der Waals surface area contributed by atoms with Crippen LogP contribution in [0.1, 0.15) is 29.0 Å². The zero-order valence-electron chi connectivity index (χ0n) is 15.4. The van der Waals surface area contributed by atoms with Gasteiger partial charge in [0.2, 0.25) is 0 Å². The van der Waals surface area contributed by atoms with Crippen LogP contribution < -0.4 is 10.1 Å². The van der Waals surface area contributed by atoms with Crippen molar-refractivity contribution in [2.45, 2.75) is 19.3 Å². The maximum absolute atomic E-state index is 12.3. The minimum atomic E-state index is -4.77. The summed E-state index contributed by atoms with van der Waals surface area (Å²) in [5.74, 6) is 0.799. The van der Waals surface area contributed by atoms with Gasteiger partial charge in [0.25, 0.3) is 5.91 Å². The maximum atomic E-state index is 12.3. The van der Waals surface area contributed by atoms with Gasteiger partial charge in [-0.1, -0.05) is 6.07 Å². The largest absolute Gasteiger partial charge is 0.573 e. The minimum Gasteiger partial charge on any atom is -0.406 e. The monoisotopic (exact) mass is 393 g/mol. The van der Waals surface area contributed by atoms with Crippen LogP contribution in [0, 0.1) is 17.8 Å². The van der Waals surface area contributed by atoms with Crippen molar-refractivity contribution in [3.05, 3.63) is 53.9 Å². The molecule has 1 saturated carbocycles. The molecule has 0 bridgehead atoms. The molecule has 5 nitrogen and oxygen atoms in total. The molecule has 2 aromatic rings. The number of alkyl halides is 3. The average molecular weight is 393 g/mol. The number of H-pyrrole nitrogens is 1. The van der Waals surface area contributed by atoms with Crippen LogP contribution >= 0.6 is 0 Å². The fraction of sp³-hybridized carbons (Fsp3) is 0.450. The van der Waals surface area contributed by atoms with Gasteiger partial charge in [-0.25, -0.2) is 0 Å². The molecule has 2 aliphatic rings. The minimum absolute atomic E-state index is 0.162. The van der Waals surface area contributed by atoms with Crippen LogP contribution in [0.15, 0.2) is 42.6 Å². The van der Waals surface area contributed by atoms with Crippen LogP contribution in [0.5, 0.6) is 5.75 Å². The zero-order chi connectivity index (χ0) is 19.9. The Balaban J connectivity index is 1.26. The molecule has 3 atom stereocenters. The van der Waals surface area contributed by atoms with E-state index in [9.17, 15) is 18.0 Å². The summed E-state index contributed by atoms with van der Waals surface area (Å²) in [4.78, 5) is 18.0. The Bertz CT molecular complexity index is 825. The van der Waals surface area contributed by atoms with E-state index in [0.717, 1.165) is 19.2 Å². The smallest absolute Gasteiger partial charge is 0.406 e. The summed E-state index contributed by atoms with van der Waals surface area (Å²) in [6.45, 7) is 4.73. The Morgan fingerprint density at radius 1 is 1.29 bits per heavy atom. The van der Waals surface area contributed by atoms with Crippen molar-refractivity contribution in [1.29, 1.82) is 0 Å². The van der Waals surface area contributed by atoms with E-state index in [4.69, 9.17) is 0 Å². The summed E-state index contributed by atoms with van der Waals surface area (Å²) in [5, 5.41) is 2.85. The molecule has 1 amide bonds. The first-order chi connectivity index (χ1) is 13.3. The van der Waals surface area contributed by atoms with Crippen LogP contribution in [0.25, 0.3) is 0 Å². The zero-order valence-corrected chi connectivity index (χ0v) is 15.4. The topological polar surface area (TPSA) is 57.4 Å². The number of hydrogen-bond acceptors (Lipinski definition) is 3. The molecule has 2 N–H and O–H groups in total. The van der Waals surface area contributed by atoms with E-state index in [1.807, 2.05) is 12.3 Å². The number of carbonyl (C=O) groups excluding carboxylic acids is 1. The van der Waals surface area contributed by atoms with E-state index in [1.165, 1.54) is 23.9 Å². The van der Waals surface area contributed by atoms with Gasteiger partial charge in [-0.2, -0.15) is 0 Å². The van der Waals surface area contributed by atoms with Gasteiger partial charge in [0.15, 0.2) is 0 Å². The number of halogens is 3. The molecule has 1 aromatic carbocycles. The van der Waals surface area contributed by atoms with Crippen molar-refractivity contribution in [1.82, 2.24) is 15.2 Å². The summed E-state index contributed by atoms with van der Waals surface area (Å²) in [7, 11) is 0. The van der Waals surface area contributed by atoms with Gasteiger partial charge in [-0.05, 0) is 55.0 Å². The van der Waals surface area contributed by atoms with Gasteiger partial charge in [0.05, 0.1) is 0 Å². The molecule has 1 aliphatic heterocycles. The van der Waals surface area contributed by atoms with Gasteiger partial charge in [-0.15, -0.1) is 13.2 Å². The Morgan fingerprint density at radius 2 is 2.04 bits per heavy atom. The molecular weight excluding hydrogens is 371 g/mol. The van der Waals surface area contributed by atoms with Gasteiger partial charge < -0.3 is 15.0 Å². The molecule has 4 rings (SSSR count). The second kappa shape index (κ2) is 7.16. The number of nitrogens with one attached hydrogen (secondary N) is 2. The lowest BCUT2D eigenvalue weighted by Crippen LogP contribution is -2.32. The second-order valence-electron chi connectivity index (χ2n) is 7.53. The molecule has 0 radical (unpaired) electrons. The van der Waals surface area contributed by atoms with Crippen LogP contribution in [-0.2, 0) is 0 Å². The molecule has 1 saturated heterocycles. The van der Waals surface area contributed by atoms with Crippen molar-refractivity contribution in [3.8, 4) is 5.75 Å².